The number of nitrogens with one attached hydrogen (secondary N) is 2. The zero-order valence-corrected chi connectivity index (χ0v) is 16.1. The fourth-order valence-electron chi connectivity index (χ4n) is 3.43. The maximum absolute atomic E-state index is 12.9. The molecule has 1 aliphatic rings. The van der Waals surface area contributed by atoms with E-state index in [4.69, 9.17) is 0 Å². The van der Waals surface area contributed by atoms with Crippen molar-refractivity contribution in [2.45, 2.75) is 26.3 Å². The predicted octanol–water partition coefficient (Wildman–Crippen LogP) is 3.58. The van der Waals surface area contributed by atoms with E-state index in [-0.39, 0.29) is 24.0 Å². The number of amides is 2. The fourth-order valence-corrected chi connectivity index (χ4v) is 3.43. The summed E-state index contributed by atoms with van der Waals surface area (Å²) in [6.45, 7) is 3.36. The van der Waals surface area contributed by atoms with E-state index in [0.29, 0.717) is 17.1 Å². The maximum atomic E-state index is 12.9. The van der Waals surface area contributed by atoms with Crippen LogP contribution in [-0.2, 0) is 9.59 Å². The van der Waals surface area contributed by atoms with E-state index in [1.807, 2.05) is 37.3 Å². The van der Waals surface area contributed by atoms with Gasteiger partial charge < -0.3 is 10.6 Å². The SMILES string of the molecule is CC(=O)c1ccc(NC(=O)[C@@H]2CC(=O)Nc3c(C)c(-c4ccccc4)nn32)cc1. The highest BCUT2D eigenvalue weighted by Gasteiger charge is 2.34. The zero-order chi connectivity index (χ0) is 20.5. The first kappa shape index (κ1) is 18.6. The van der Waals surface area contributed by atoms with Gasteiger partial charge in [0.25, 0.3) is 0 Å². The van der Waals surface area contributed by atoms with Crippen LogP contribution in [0.25, 0.3) is 11.3 Å². The Kier molecular flexibility index (Phi) is 4.72. The summed E-state index contributed by atoms with van der Waals surface area (Å²) < 4.78 is 1.58. The molecule has 146 valence electrons. The third-order valence-corrected chi connectivity index (χ3v) is 4.99. The van der Waals surface area contributed by atoms with E-state index in [0.717, 1.165) is 16.8 Å². The number of anilines is 2. The van der Waals surface area contributed by atoms with Gasteiger partial charge in [-0.2, -0.15) is 5.10 Å². The molecule has 0 fully saturated rings. The number of fused-ring (bicyclic) bond motifs is 1. The number of rotatable bonds is 4. The Morgan fingerprint density at radius 1 is 1.10 bits per heavy atom. The van der Waals surface area contributed by atoms with Crippen molar-refractivity contribution in [2.24, 2.45) is 0 Å². The molecule has 0 bridgehead atoms. The van der Waals surface area contributed by atoms with Gasteiger partial charge in [0.2, 0.25) is 11.8 Å². The summed E-state index contributed by atoms with van der Waals surface area (Å²) >= 11 is 0. The average molecular weight is 388 g/mol. The number of hydrogen-bond acceptors (Lipinski definition) is 4. The van der Waals surface area contributed by atoms with Gasteiger partial charge in [0, 0.05) is 22.4 Å². The largest absolute Gasteiger partial charge is 0.324 e. The van der Waals surface area contributed by atoms with Gasteiger partial charge >= 0.3 is 0 Å². The third-order valence-electron chi connectivity index (χ3n) is 4.99. The van der Waals surface area contributed by atoms with Crippen molar-refractivity contribution in [1.29, 1.82) is 0 Å². The first-order valence-corrected chi connectivity index (χ1v) is 9.30. The maximum Gasteiger partial charge on any atom is 0.249 e. The van der Waals surface area contributed by atoms with Crippen LogP contribution in [0.3, 0.4) is 0 Å². The van der Waals surface area contributed by atoms with Gasteiger partial charge in [-0.05, 0) is 38.1 Å². The highest BCUT2D eigenvalue weighted by Crippen LogP contribution is 2.34. The molecule has 7 nitrogen and oxygen atoms in total. The van der Waals surface area contributed by atoms with E-state index < -0.39 is 6.04 Å². The molecule has 1 atom stereocenters. The van der Waals surface area contributed by atoms with Crippen LogP contribution in [-0.4, -0.2) is 27.4 Å². The molecular formula is C22H20N4O3. The van der Waals surface area contributed by atoms with Crippen LogP contribution >= 0.6 is 0 Å². The average Bonchev–Trinajstić information content (AvgIpc) is 3.05. The fraction of sp³-hybridized carbons (Fsp3) is 0.182. The van der Waals surface area contributed by atoms with Crippen molar-refractivity contribution in [3.8, 4) is 11.3 Å². The summed E-state index contributed by atoms with van der Waals surface area (Å²) in [5, 5.41) is 10.3. The van der Waals surface area contributed by atoms with Crippen LogP contribution in [0.4, 0.5) is 11.5 Å². The smallest absolute Gasteiger partial charge is 0.249 e. The number of aromatic nitrogens is 2. The van der Waals surface area contributed by atoms with Gasteiger partial charge in [-0.1, -0.05) is 30.3 Å². The number of Topliss-reactive ketones (excluding diaryl/α,β-unsaturated/α-hetero) is 1. The van der Waals surface area contributed by atoms with Crippen molar-refractivity contribution < 1.29 is 14.4 Å². The van der Waals surface area contributed by atoms with Crippen LogP contribution < -0.4 is 10.6 Å². The summed E-state index contributed by atoms with van der Waals surface area (Å²) in [6.07, 6.45) is -0.000285. The molecule has 1 aromatic heterocycles. The van der Waals surface area contributed by atoms with E-state index in [2.05, 4.69) is 15.7 Å². The molecule has 1 aliphatic heterocycles. The molecule has 0 aliphatic carbocycles. The van der Waals surface area contributed by atoms with Crippen molar-refractivity contribution in [1.82, 2.24) is 9.78 Å². The Morgan fingerprint density at radius 3 is 2.45 bits per heavy atom. The number of ketones is 1. The first-order chi connectivity index (χ1) is 13.9. The van der Waals surface area contributed by atoms with Gasteiger partial charge in [-0.15, -0.1) is 0 Å². The molecule has 0 unspecified atom stereocenters. The minimum Gasteiger partial charge on any atom is -0.324 e. The summed E-state index contributed by atoms with van der Waals surface area (Å²) in [7, 11) is 0. The number of benzene rings is 2. The van der Waals surface area contributed by atoms with Gasteiger partial charge in [0.05, 0.1) is 12.1 Å². The molecule has 0 saturated heterocycles. The monoisotopic (exact) mass is 388 g/mol. The third kappa shape index (κ3) is 3.54. The van der Waals surface area contributed by atoms with Crippen LogP contribution in [0.15, 0.2) is 54.6 Å². The highest BCUT2D eigenvalue weighted by atomic mass is 16.2. The van der Waals surface area contributed by atoms with E-state index in [9.17, 15) is 14.4 Å². The second kappa shape index (κ2) is 7.35. The molecule has 0 saturated carbocycles. The first-order valence-electron chi connectivity index (χ1n) is 9.30. The normalized spacial score (nSPS) is 15.4. The standard InChI is InChI=1S/C22H20N4O3/c1-13-20(16-6-4-3-5-7-16)25-26-18(12-19(28)24-21(13)26)22(29)23-17-10-8-15(9-11-17)14(2)27/h3-11,18H,12H2,1-2H3,(H,23,29)(H,24,28)/t18-/m0/s1. The number of carbonyl (C=O) groups excluding carboxylic acids is 3. The molecule has 7 heteroatoms. The second-order valence-electron chi connectivity index (χ2n) is 7.02. The Hall–Kier alpha value is -3.74. The molecule has 2 amide bonds. The molecular weight excluding hydrogens is 368 g/mol. The summed E-state index contributed by atoms with van der Waals surface area (Å²) in [5.74, 6) is -0.0740. The second-order valence-corrected chi connectivity index (χ2v) is 7.02. The molecule has 4 rings (SSSR count). The van der Waals surface area contributed by atoms with Crippen LogP contribution in [0.1, 0.15) is 35.3 Å². The van der Waals surface area contributed by atoms with E-state index in [1.54, 1.807) is 28.9 Å². The van der Waals surface area contributed by atoms with E-state index >= 15 is 0 Å². The molecule has 3 aromatic rings. The van der Waals surface area contributed by atoms with Crippen molar-refractivity contribution in [2.75, 3.05) is 10.6 Å². The zero-order valence-electron chi connectivity index (χ0n) is 16.1. The lowest BCUT2D eigenvalue weighted by atomic mass is 10.1. The lowest BCUT2D eigenvalue weighted by Gasteiger charge is -2.24. The predicted molar refractivity (Wildman–Crippen MR) is 110 cm³/mol. The number of nitrogens with zero attached hydrogens (tertiary/aromatic N) is 2. The molecule has 2 aromatic carbocycles. The highest BCUT2D eigenvalue weighted by molar-refractivity contribution is 6.02. The van der Waals surface area contributed by atoms with Crippen molar-refractivity contribution in [3.05, 3.63) is 65.7 Å². The number of carbonyl (C=O) groups is 3. The van der Waals surface area contributed by atoms with Crippen molar-refractivity contribution >= 4 is 29.1 Å². The van der Waals surface area contributed by atoms with Crippen molar-refractivity contribution in [3.63, 3.8) is 0 Å². The summed E-state index contributed by atoms with van der Waals surface area (Å²) in [6, 6.07) is 15.5. The number of hydrogen-bond donors (Lipinski definition) is 2. The minimum absolute atomic E-state index is 0.000285. The lowest BCUT2D eigenvalue weighted by molar-refractivity contribution is -0.125. The summed E-state index contributed by atoms with van der Waals surface area (Å²) in [5.41, 5.74) is 3.58. The molecule has 2 N–H and O–H groups in total. The molecule has 0 spiro atoms. The molecule has 29 heavy (non-hydrogen) atoms. The van der Waals surface area contributed by atoms with Crippen LogP contribution in [0.2, 0.25) is 0 Å². The Bertz CT molecular complexity index is 1100. The summed E-state index contributed by atoms with van der Waals surface area (Å²) in [4.78, 5) is 36.6. The van der Waals surface area contributed by atoms with E-state index in [1.165, 1.54) is 6.92 Å². The Labute approximate surface area is 167 Å². The van der Waals surface area contributed by atoms with Gasteiger partial charge in [0.15, 0.2) is 5.78 Å². The molecule has 0 radical (unpaired) electrons. The quantitative estimate of drug-likeness (QED) is 0.668. The topological polar surface area (TPSA) is 93.1 Å². The van der Waals surface area contributed by atoms with Crippen LogP contribution in [0, 0.1) is 6.92 Å². The van der Waals surface area contributed by atoms with Gasteiger partial charge in [0.1, 0.15) is 11.9 Å². The van der Waals surface area contributed by atoms with Crippen LogP contribution in [0.5, 0.6) is 0 Å². The Balaban J connectivity index is 1.64. The van der Waals surface area contributed by atoms with Gasteiger partial charge in [-0.25, -0.2) is 4.68 Å². The molecule has 2 heterocycles. The minimum atomic E-state index is -0.762. The van der Waals surface area contributed by atoms with Gasteiger partial charge in [-0.3, -0.25) is 14.4 Å². The lowest BCUT2D eigenvalue weighted by Crippen LogP contribution is -2.35. The Morgan fingerprint density at radius 2 is 1.79 bits per heavy atom.